The van der Waals surface area contributed by atoms with Gasteiger partial charge in [-0.05, 0) is 18.2 Å². The summed E-state index contributed by atoms with van der Waals surface area (Å²) in [6.45, 7) is 2.96. The van der Waals surface area contributed by atoms with E-state index in [0.29, 0.717) is 34.2 Å². The van der Waals surface area contributed by atoms with Gasteiger partial charge in [-0.1, -0.05) is 15.9 Å². The van der Waals surface area contributed by atoms with Crippen LogP contribution in [0.15, 0.2) is 22.7 Å². The minimum Gasteiger partial charge on any atom is -0.350 e. The summed E-state index contributed by atoms with van der Waals surface area (Å²) < 4.78 is 14.4. The molecule has 1 fully saturated rings. The van der Waals surface area contributed by atoms with E-state index < -0.39 is 0 Å². The summed E-state index contributed by atoms with van der Waals surface area (Å²) >= 11 is 3.24. The summed E-state index contributed by atoms with van der Waals surface area (Å²) in [6.07, 6.45) is 0. The Hall–Kier alpha value is -1.40. The largest absolute Gasteiger partial charge is 0.350 e. The Morgan fingerprint density at radius 2 is 2.00 bits per heavy atom. The van der Waals surface area contributed by atoms with Crippen molar-refractivity contribution in [2.24, 2.45) is 0 Å². The Morgan fingerprint density at radius 3 is 2.74 bits per heavy atom. The van der Waals surface area contributed by atoms with Crippen molar-refractivity contribution < 1.29 is 9.18 Å². The third-order valence-corrected chi connectivity index (χ3v) is 3.74. The smallest absolute Gasteiger partial charge is 0.270 e. The number of H-pyrrole nitrogens is 1. The minimum atomic E-state index is -0.333. The molecule has 0 spiro atoms. The summed E-state index contributed by atoms with van der Waals surface area (Å²) in [4.78, 5) is 17.1. The SMILES string of the molecule is O=C(c1cc2c(F)cc(Br)cc2[nH]1)N1CCNCC1. The van der Waals surface area contributed by atoms with Gasteiger partial charge in [0.05, 0.1) is 5.52 Å². The molecular formula is C13H13BrFN3O. The standard InChI is InChI=1S/C13H13BrFN3O/c14-8-5-10(15)9-7-12(17-11(9)6-8)13(19)18-3-1-16-2-4-18/h5-7,16-17H,1-4H2. The van der Waals surface area contributed by atoms with Gasteiger partial charge in [0, 0.05) is 36.0 Å². The number of nitrogens with one attached hydrogen (secondary N) is 2. The molecule has 3 rings (SSSR count). The van der Waals surface area contributed by atoms with Crippen LogP contribution in [0.1, 0.15) is 10.5 Å². The minimum absolute atomic E-state index is 0.0757. The lowest BCUT2D eigenvalue weighted by molar-refractivity contribution is 0.0731. The fourth-order valence-corrected chi connectivity index (χ4v) is 2.74. The number of hydrogen-bond acceptors (Lipinski definition) is 2. The quantitative estimate of drug-likeness (QED) is 0.843. The van der Waals surface area contributed by atoms with E-state index in [9.17, 15) is 9.18 Å². The lowest BCUT2D eigenvalue weighted by atomic mass is 10.2. The van der Waals surface area contributed by atoms with Crippen LogP contribution in [0.5, 0.6) is 0 Å². The zero-order chi connectivity index (χ0) is 13.4. The molecule has 0 unspecified atom stereocenters. The van der Waals surface area contributed by atoms with Gasteiger partial charge in [-0.2, -0.15) is 0 Å². The molecule has 1 aliphatic heterocycles. The van der Waals surface area contributed by atoms with Gasteiger partial charge in [-0.15, -0.1) is 0 Å². The first-order valence-electron chi connectivity index (χ1n) is 6.13. The van der Waals surface area contributed by atoms with Crippen molar-refractivity contribution >= 4 is 32.7 Å². The lowest BCUT2D eigenvalue weighted by Crippen LogP contribution is -2.46. The summed E-state index contributed by atoms with van der Waals surface area (Å²) in [5.41, 5.74) is 1.07. The van der Waals surface area contributed by atoms with Gasteiger partial charge < -0.3 is 15.2 Å². The fraction of sp³-hybridized carbons (Fsp3) is 0.308. The molecule has 1 aliphatic rings. The second kappa shape index (κ2) is 4.94. The maximum absolute atomic E-state index is 13.8. The first kappa shape index (κ1) is 12.6. The second-order valence-electron chi connectivity index (χ2n) is 4.57. The van der Waals surface area contributed by atoms with Crippen molar-refractivity contribution in [1.29, 1.82) is 0 Å². The molecule has 0 atom stereocenters. The second-order valence-corrected chi connectivity index (χ2v) is 5.49. The molecule has 6 heteroatoms. The van der Waals surface area contributed by atoms with E-state index in [2.05, 4.69) is 26.2 Å². The van der Waals surface area contributed by atoms with E-state index in [1.54, 1.807) is 17.0 Å². The summed E-state index contributed by atoms with van der Waals surface area (Å²) in [6, 6.07) is 4.75. The van der Waals surface area contributed by atoms with Crippen LogP contribution in [-0.4, -0.2) is 42.0 Å². The molecule has 19 heavy (non-hydrogen) atoms. The highest BCUT2D eigenvalue weighted by Gasteiger charge is 2.20. The van der Waals surface area contributed by atoms with Crippen LogP contribution in [0.4, 0.5) is 4.39 Å². The van der Waals surface area contributed by atoms with Crippen LogP contribution in [0.3, 0.4) is 0 Å². The molecule has 1 amide bonds. The molecule has 1 aromatic heterocycles. The van der Waals surface area contributed by atoms with Gasteiger partial charge >= 0.3 is 0 Å². The van der Waals surface area contributed by atoms with Crippen LogP contribution in [0.2, 0.25) is 0 Å². The molecule has 0 radical (unpaired) electrons. The monoisotopic (exact) mass is 325 g/mol. The van der Waals surface area contributed by atoms with Crippen molar-refractivity contribution in [1.82, 2.24) is 15.2 Å². The van der Waals surface area contributed by atoms with E-state index in [4.69, 9.17) is 0 Å². The van der Waals surface area contributed by atoms with E-state index in [1.807, 2.05) is 0 Å². The average molecular weight is 326 g/mol. The third kappa shape index (κ3) is 2.37. The number of hydrogen-bond donors (Lipinski definition) is 2. The Balaban J connectivity index is 1.96. The number of rotatable bonds is 1. The average Bonchev–Trinajstić information content (AvgIpc) is 2.83. The van der Waals surface area contributed by atoms with Crippen LogP contribution >= 0.6 is 15.9 Å². The van der Waals surface area contributed by atoms with Crippen molar-refractivity contribution in [2.45, 2.75) is 0 Å². The van der Waals surface area contributed by atoms with Gasteiger partial charge in [0.1, 0.15) is 11.5 Å². The van der Waals surface area contributed by atoms with Crippen molar-refractivity contribution in [3.05, 3.63) is 34.2 Å². The van der Waals surface area contributed by atoms with Crippen LogP contribution in [0, 0.1) is 5.82 Å². The molecule has 2 heterocycles. The number of carbonyl (C=O) groups is 1. The molecule has 0 saturated carbocycles. The number of benzene rings is 1. The highest BCUT2D eigenvalue weighted by Crippen LogP contribution is 2.24. The number of nitrogens with zero attached hydrogens (tertiary/aromatic N) is 1. The topological polar surface area (TPSA) is 48.1 Å². The Morgan fingerprint density at radius 1 is 1.26 bits per heavy atom. The van der Waals surface area contributed by atoms with E-state index in [-0.39, 0.29) is 11.7 Å². The summed E-state index contributed by atoms with van der Waals surface area (Å²) in [5, 5.41) is 3.64. The lowest BCUT2D eigenvalue weighted by Gasteiger charge is -2.26. The van der Waals surface area contributed by atoms with E-state index in [0.717, 1.165) is 13.1 Å². The van der Waals surface area contributed by atoms with Crippen LogP contribution < -0.4 is 5.32 Å². The predicted octanol–water partition coefficient (Wildman–Crippen LogP) is 2.11. The number of halogens is 2. The number of aromatic nitrogens is 1. The molecule has 2 N–H and O–H groups in total. The molecule has 0 bridgehead atoms. The molecule has 1 saturated heterocycles. The Labute approximate surface area is 118 Å². The highest BCUT2D eigenvalue weighted by atomic mass is 79.9. The zero-order valence-electron chi connectivity index (χ0n) is 10.2. The number of piperazine rings is 1. The summed E-state index contributed by atoms with van der Waals surface area (Å²) in [7, 11) is 0. The van der Waals surface area contributed by atoms with E-state index >= 15 is 0 Å². The number of carbonyl (C=O) groups excluding carboxylic acids is 1. The number of amides is 1. The first-order valence-corrected chi connectivity index (χ1v) is 6.92. The van der Waals surface area contributed by atoms with Crippen LogP contribution in [-0.2, 0) is 0 Å². The Kier molecular flexibility index (Phi) is 3.28. The maximum Gasteiger partial charge on any atom is 0.270 e. The van der Waals surface area contributed by atoms with Crippen molar-refractivity contribution in [3.63, 3.8) is 0 Å². The summed E-state index contributed by atoms with van der Waals surface area (Å²) in [5.74, 6) is -0.409. The van der Waals surface area contributed by atoms with Gasteiger partial charge in [0.15, 0.2) is 0 Å². The van der Waals surface area contributed by atoms with Gasteiger partial charge in [0.25, 0.3) is 5.91 Å². The molecular weight excluding hydrogens is 313 g/mol. The predicted molar refractivity (Wildman–Crippen MR) is 74.7 cm³/mol. The van der Waals surface area contributed by atoms with E-state index in [1.165, 1.54) is 6.07 Å². The fourth-order valence-electron chi connectivity index (χ4n) is 2.31. The highest BCUT2D eigenvalue weighted by molar-refractivity contribution is 9.10. The van der Waals surface area contributed by atoms with Gasteiger partial charge in [-0.3, -0.25) is 4.79 Å². The van der Waals surface area contributed by atoms with Gasteiger partial charge in [0.2, 0.25) is 0 Å². The van der Waals surface area contributed by atoms with Gasteiger partial charge in [-0.25, -0.2) is 4.39 Å². The normalized spacial score (nSPS) is 16.0. The number of aromatic amines is 1. The third-order valence-electron chi connectivity index (χ3n) is 3.29. The zero-order valence-corrected chi connectivity index (χ0v) is 11.8. The maximum atomic E-state index is 13.8. The Bertz CT molecular complexity index is 634. The number of fused-ring (bicyclic) bond motifs is 1. The molecule has 1 aromatic carbocycles. The first-order chi connectivity index (χ1) is 9.15. The van der Waals surface area contributed by atoms with Crippen molar-refractivity contribution in [3.8, 4) is 0 Å². The molecule has 2 aromatic rings. The molecule has 4 nitrogen and oxygen atoms in total. The molecule has 100 valence electrons. The van der Waals surface area contributed by atoms with Crippen LogP contribution in [0.25, 0.3) is 10.9 Å². The van der Waals surface area contributed by atoms with Crippen molar-refractivity contribution in [2.75, 3.05) is 26.2 Å². The molecule has 0 aliphatic carbocycles.